The van der Waals surface area contributed by atoms with Crippen LogP contribution < -0.4 is 0 Å². The van der Waals surface area contributed by atoms with Gasteiger partial charge >= 0.3 is 0 Å². The summed E-state index contributed by atoms with van der Waals surface area (Å²) in [5.41, 5.74) is 2.26. The van der Waals surface area contributed by atoms with E-state index in [1.807, 2.05) is 30.3 Å². The van der Waals surface area contributed by atoms with Crippen LogP contribution in [0, 0.1) is 0 Å². The smallest absolute Gasteiger partial charge is 0.246 e. The van der Waals surface area contributed by atoms with Crippen molar-refractivity contribution in [3.63, 3.8) is 0 Å². The standard InChI is InChI=1S/C12H14BrNO/c1-14(2)12(15)8-7-10-3-5-11(9-13)6-4-10/h3-8H,9H2,1-2H3/b8-7+. The highest BCUT2D eigenvalue weighted by Crippen LogP contribution is 2.09. The van der Waals surface area contributed by atoms with Crippen LogP contribution >= 0.6 is 15.9 Å². The number of rotatable bonds is 3. The Bertz CT molecular complexity index is 354. The van der Waals surface area contributed by atoms with Crippen LogP contribution in [0.15, 0.2) is 30.3 Å². The van der Waals surface area contributed by atoms with E-state index in [1.165, 1.54) is 5.56 Å². The number of likely N-dealkylation sites (N-methyl/N-ethyl adjacent to an activating group) is 1. The van der Waals surface area contributed by atoms with Gasteiger partial charge in [0.05, 0.1) is 0 Å². The maximum Gasteiger partial charge on any atom is 0.246 e. The van der Waals surface area contributed by atoms with Gasteiger partial charge in [0.1, 0.15) is 0 Å². The Morgan fingerprint density at radius 1 is 1.33 bits per heavy atom. The van der Waals surface area contributed by atoms with Gasteiger partial charge in [-0.05, 0) is 17.2 Å². The van der Waals surface area contributed by atoms with Crippen LogP contribution in [0.4, 0.5) is 0 Å². The Kier molecular flexibility index (Phi) is 4.56. The minimum atomic E-state index is -0.000400. The SMILES string of the molecule is CN(C)C(=O)/C=C/c1ccc(CBr)cc1. The third kappa shape index (κ3) is 3.88. The second-order valence-corrected chi connectivity index (χ2v) is 4.00. The van der Waals surface area contributed by atoms with Crippen LogP contribution in [0.25, 0.3) is 6.08 Å². The summed E-state index contributed by atoms with van der Waals surface area (Å²) in [5, 5.41) is 0.855. The van der Waals surface area contributed by atoms with Gasteiger partial charge in [-0.25, -0.2) is 0 Å². The molecule has 0 spiro atoms. The Balaban J connectivity index is 2.69. The van der Waals surface area contributed by atoms with Crippen molar-refractivity contribution in [3.8, 4) is 0 Å². The second kappa shape index (κ2) is 5.71. The van der Waals surface area contributed by atoms with Crippen LogP contribution in [0.1, 0.15) is 11.1 Å². The van der Waals surface area contributed by atoms with Gasteiger partial charge in [-0.15, -0.1) is 0 Å². The molecule has 1 aromatic carbocycles. The van der Waals surface area contributed by atoms with E-state index >= 15 is 0 Å². The van der Waals surface area contributed by atoms with Crippen molar-refractivity contribution in [2.24, 2.45) is 0 Å². The zero-order valence-electron chi connectivity index (χ0n) is 8.90. The highest BCUT2D eigenvalue weighted by atomic mass is 79.9. The van der Waals surface area contributed by atoms with E-state index in [1.54, 1.807) is 25.1 Å². The van der Waals surface area contributed by atoms with Crippen molar-refractivity contribution in [2.75, 3.05) is 14.1 Å². The van der Waals surface area contributed by atoms with E-state index in [2.05, 4.69) is 15.9 Å². The average Bonchev–Trinajstić information content (AvgIpc) is 2.26. The summed E-state index contributed by atoms with van der Waals surface area (Å²) >= 11 is 3.38. The quantitative estimate of drug-likeness (QED) is 0.609. The van der Waals surface area contributed by atoms with Crippen molar-refractivity contribution in [1.29, 1.82) is 0 Å². The molecule has 15 heavy (non-hydrogen) atoms. The molecule has 0 saturated heterocycles. The molecule has 0 bridgehead atoms. The van der Waals surface area contributed by atoms with Crippen molar-refractivity contribution in [1.82, 2.24) is 4.90 Å². The summed E-state index contributed by atoms with van der Waals surface area (Å²) in [4.78, 5) is 12.8. The van der Waals surface area contributed by atoms with E-state index in [0.29, 0.717) is 0 Å². The summed E-state index contributed by atoms with van der Waals surface area (Å²) in [7, 11) is 3.47. The fourth-order valence-electron chi connectivity index (χ4n) is 1.03. The molecule has 1 rings (SSSR count). The van der Waals surface area contributed by atoms with E-state index in [4.69, 9.17) is 0 Å². The van der Waals surface area contributed by atoms with Crippen LogP contribution in [-0.2, 0) is 10.1 Å². The van der Waals surface area contributed by atoms with Gasteiger partial charge in [0, 0.05) is 25.5 Å². The number of carbonyl (C=O) groups is 1. The average molecular weight is 268 g/mol. The van der Waals surface area contributed by atoms with Crippen LogP contribution in [0.3, 0.4) is 0 Å². The number of nitrogens with zero attached hydrogens (tertiary/aromatic N) is 1. The first-order chi connectivity index (χ1) is 7.13. The van der Waals surface area contributed by atoms with Gasteiger partial charge in [-0.2, -0.15) is 0 Å². The summed E-state index contributed by atoms with van der Waals surface area (Å²) in [5.74, 6) is -0.000400. The van der Waals surface area contributed by atoms with Crippen molar-refractivity contribution in [3.05, 3.63) is 41.5 Å². The molecule has 1 amide bonds. The fourth-order valence-corrected chi connectivity index (χ4v) is 1.41. The van der Waals surface area contributed by atoms with Crippen molar-refractivity contribution >= 4 is 27.9 Å². The minimum absolute atomic E-state index is 0.000400. The third-order valence-electron chi connectivity index (χ3n) is 1.99. The molecule has 0 heterocycles. The van der Waals surface area contributed by atoms with Gasteiger partial charge in [0.15, 0.2) is 0 Å². The predicted molar refractivity (Wildman–Crippen MR) is 66.8 cm³/mol. The molecule has 0 aliphatic heterocycles. The van der Waals surface area contributed by atoms with Gasteiger partial charge in [0.2, 0.25) is 5.91 Å². The maximum absolute atomic E-state index is 11.3. The van der Waals surface area contributed by atoms with Gasteiger partial charge in [-0.3, -0.25) is 4.79 Å². The molecular weight excluding hydrogens is 254 g/mol. The number of halogens is 1. The van der Waals surface area contributed by atoms with E-state index in [-0.39, 0.29) is 5.91 Å². The number of amides is 1. The summed E-state index contributed by atoms with van der Waals surface area (Å²) < 4.78 is 0. The van der Waals surface area contributed by atoms with Crippen LogP contribution in [0.2, 0.25) is 0 Å². The molecule has 0 radical (unpaired) electrons. The zero-order chi connectivity index (χ0) is 11.3. The Hall–Kier alpha value is -1.09. The third-order valence-corrected chi connectivity index (χ3v) is 2.64. The number of hydrogen-bond acceptors (Lipinski definition) is 1. The number of hydrogen-bond donors (Lipinski definition) is 0. The lowest BCUT2D eigenvalue weighted by molar-refractivity contribution is -0.123. The van der Waals surface area contributed by atoms with Gasteiger partial charge in [0.25, 0.3) is 0 Å². The first kappa shape index (κ1) is 12.0. The normalized spacial score (nSPS) is 10.6. The first-order valence-corrected chi connectivity index (χ1v) is 5.80. The van der Waals surface area contributed by atoms with E-state index in [0.717, 1.165) is 10.9 Å². The Morgan fingerprint density at radius 3 is 2.40 bits per heavy atom. The van der Waals surface area contributed by atoms with Crippen molar-refractivity contribution in [2.45, 2.75) is 5.33 Å². The Labute approximate surface area is 98.7 Å². The van der Waals surface area contributed by atoms with Gasteiger partial charge < -0.3 is 4.90 Å². The molecular formula is C12H14BrNO. The van der Waals surface area contributed by atoms with Crippen LogP contribution in [0.5, 0.6) is 0 Å². The molecule has 0 unspecified atom stereocenters. The molecule has 2 nitrogen and oxygen atoms in total. The summed E-state index contributed by atoms with van der Waals surface area (Å²) in [6.07, 6.45) is 3.39. The molecule has 0 aliphatic rings. The topological polar surface area (TPSA) is 20.3 Å². The minimum Gasteiger partial charge on any atom is -0.345 e. The Morgan fingerprint density at radius 2 is 1.93 bits per heavy atom. The first-order valence-electron chi connectivity index (χ1n) is 4.68. The number of benzene rings is 1. The molecule has 0 saturated carbocycles. The second-order valence-electron chi connectivity index (χ2n) is 3.44. The van der Waals surface area contributed by atoms with Crippen molar-refractivity contribution < 1.29 is 4.79 Å². The monoisotopic (exact) mass is 267 g/mol. The number of carbonyl (C=O) groups excluding carboxylic acids is 1. The largest absolute Gasteiger partial charge is 0.345 e. The summed E-state index contributed by atoms with van der Waals surface area (Å²) in [6, 6.07) is 8.06. The molecule has 0 aromatic heterocycles. The highest BCUT2D eigenvalue weighted by molar-refractivity contribution is 9.08. The number of alkyl halides is 1. The maximum atomic E-state index is 11.3. The molecule has 80 valence electrons. The highest BCUT2D eigenvalue weighted by Gasteiger charge is 1.96. The van der Waals surface area contributed by atoms with E-state index in [9.17, 15) is 4.79 Å². The van der Waals surface area contributed by atoms with Crippen LogP contribution in [-0.4, -0.2) is 24.9 Å². The zero-order valence-corrected chi connectivity index (χ0v) is 10.5. The molecule has 1 aromatic rings. The summed E-state index contributed by atoms with van der Waals surface area (Å²) in [6.45, 7) is 0. The molecule has 0 N–H and O–H groups in total. The molecule has 0 atom stereocenters. The van der Waals surface area contributed by atoms with Gasteiger partial charge in [-0.1, -0.05) is 40.2 Å². The predicted octanol–water partition coefficient (Wildman–Crippen LogP) is 2.68. The molecule has 0 fully saturated rings. The molecule has 0 aliphatic carbocycles. The van der Waals surface area contributed by atoms with E-state index < -0.39 is 0 Å². The molecule has 3 heteroatoms. The lowest BCUT2D eigenvalue weighted by atomic mass is 10.1. The lowest BCUT2D eigenvalue weighted by Crippen LogP contribution is -2.18. The lowest BCUT2D eigenvalue weighted by Gasteiger charge is -2.05. The fraction of sp³-hybridized carbons (Fsp3) is 0.250.